The van der Waals surface area contributed by atoms with Crippen molar-refractivity contribution in [1.82, 2.24) is 10.1 Å². The molecule has 130 valence electrons. The second-order valence-electron chi connectivity index (χ2n) is 5.62. The van der Waals surface area contributed by atoms with Gasteiger partial charge >= 0.3 is 0 Å². The van der Waals surface area contributed by atoms with E-state index < -0.39 is 0 Å². The Hall–Kier alpha value is -3.02. The lowest BCUT2D eigenvalue weighted by molar-refractivity contribution is 0.288. The van der Waals surface area contributed by atoms with E-state index >= 15 is 0 Å². The molecule has 0 saturated carbocycles. The van der Waals surface area contributed by atoms with Gasteiger partial charge < -0.3 is 19.7 Å². The Morgan fingerprint density at radius 2 is 1.96 bits per heavy atom. The number of methoxy groups -OCH3 is 1. The van der Waals surface area contributed by atoms with Gasteiger partial charge in [0.05, 0.1) is 13.7 Å². The lowest BCUT2D eigenvalue weighted by Crippen LogP contribution is -1.99. The third kappa shape index (κ3) is 3.91. The van der Waals surface area contributed by atoms with Crippen LogP contribution in [0.15, 0.2) is 47.0 Å². The number of benzene rings is 2. The van der Waals surface area contributed by atoms with E-state index in [2.05, 4.69) is 17.1 Å². The molecule has 0 fully saturated rings. The topological polar surface area (TPSA) is 83.4 Å². The summed E-state index contributed by atoms with van der Waals surface area (Å²) in [6.45, 7) is 2.78. The first-order chi connectivity index (χ1) is 12.2. The maximum absolute atomic E-state index is 5.80. The highest BCUT2D eigenvalue weighted by molar-refractivity contribution is 5.65. The van der Waals surface area contributed by atoms with E-state index in [1.165, 1.54) is 0 Å². The number of hydrogen-bond donors (Lipinski definition) is 1. The predicted molar refractivity (Wildman–Crippen MR) is 96.5 cm³/mol. The number of nitrogens with two attached hydrogens (primary N) is 1. The molecule has 0 saturated heterocycles. The van der Waals surface area contributed by atoms with E-state index in [4.69, 9.17) is 19.7 Å². The highest BCUT2D eigenvalue weighted by atomic mass is 16.5. The number of aromatic nitrogens is 2. The minimum Gasteiger partial charge on any atom is -0.493 e. The van der Waals surface area contributed by atoms with Crippen LogP contribution in [0.4, 0.5) is 5.69 Å². The largest absolute Gasteiger partial charge is 0.493 e. The zero-order valence-electron chi connectivity index (χ0n) is 14.4. The third-order valence-corrected chi connectivity index (χ3v) is 3.74. The molecule has 1 aromatic heterocycles. The van der Waals surface area contributed by atoms with E-state index in [9.17, 15) is 0 Å². The number of nitrogens with zero attached hydrogens (tertiary/aromatic N) is 2. The summed E-state index contributed by atoms with van der Waals surface area (Å²) in [5.41, 5.74) is 8.02. The van der Waals surface area contributed by atoms with E-state index in [-0.39, 0.29) is 0 Å². The number of hydrogen-bond acceptors (Lipinski definition) is 6. The Labute approximate surface area is 146 Å². The average molecular weight is 339 g/mol. The van der Waals surface area contributed by atoms with Gasteiger partial charge in [-0.05, 0) is 42.8 Å². The van der Waals surface area contributed by atoms with Gasteiger partial charge in [-0.15, -0.1) is 0 Å². The van der Waals surface area contributed by atoms with Crippen LogP contribution in [0, 0.1) is 0 Å². The van der Waals surface area contributed by atoms with Crippen molar-refractivity contribution < 1.29 is 14.0 Å². The number of anilines is 1. The molecule has 0 aliphatic carbocycles. The first-order valence-corrected chi connectivity index (χ1v) is 8.22. The fourth-order valence-corrected chi connectivity index (χ4v) is 2.38. The SMILES string of the molecule is CCCCOc1ccc(-c2noc(-c3cccc(N)c3)n2)cc1OC. The molecule has 0 aliphatic heterocycles. The smallest absolute Gasteiger partial charge is 0.258 e. The molecule has 6 heteroatoms. The summed E-state index contributed by atoms with van der Waals surface area (Å²) in [7, 11) is 1.61. The molecule has 0 radical (unpaired) electrons. The molecule has 2 aromatic carbocycles. The summed E-state index contributed by atoms with van der Waals surface area (Å²) in [5, 5.41) is 4.05. The van der Waals surface area contributed by atoms with Crippen molar-refractivity contribution in [3.63, 3.8) is 0 Å². The van der Waals surface area contributed by atoms with Crippen LogP contribution in [0.1, 0.15) is 19.8 Å². The maximum atomic E-state index is 5.80. The standard InChI is InChI=1S/C19H21N3O3/c1-3-4-10-24-16-9-8-13(12-17(16)23-2)18-21-19(25-22-18)14-6-5-7-15(20)11-14/h5-9,11-12H,3-4,10,20H2,1-2H3. The van der Waals surface area contributed by atoms with Crippen LogP contribution < -0.4 is 15.2 Å². The van der Waals surface area contributed by atoms with Crippen LogP contribution in [0.25, 0.3) is 22.8 Å². The molecular formula is C19H21N3O3. The van der Waals surface area contributed by atoms with Crippen LogP contribution in [-0.4, -0.2) is 23.9 Å². The molecule has 0 aliphatic rings. The second-order valence-corrected chi connectivity index (χ2v) is 5.62. The first-order valence-electron chi connectivity index (χ1n) is 8.22. The summed E-state index contributed by atoms with van der Waals surface area (Å²) in [6.07, 6.45) is 2.08. The molecule has 1 heterocycles. The quantitative estimate of drug-likeness (QED) is 0.514. The molecule has 6 nitrogen and oxygen atoms in total. The van der Waals surface area contributed by atoms with Gasteiger partial charge in [-0.3, -0.25) is 0 Å². The zero-order valence-corrected chi connectivity index (χ0v) is 14.4. The van der Waals surface area contributed by atoms with Crippen molar-refractivity contribution >= 4 is 5.69 Å². The Bertz CT molecular complexity index is 845. The molecule has 0 spiro atoms. The lowest BCUT2D eigenvalue weighted by Gasteiger charge is -2.10. The average Bonchev–Trinajstić information content (AvgIpc) is 3.12. The summed E-state index contributed by atoms with van der Waals surface area (Å²) < 4.78 is 16.5. The molecule has 0 unspecified atom stereocenters. The third-order valence-electron chi connectivity index (χ3n) is 3.74. The van der Waals surface area contributed by atoms with Gasteiger partial charge in [-0.25, -0.2) is 0 Å². The minimum absolute atomic E-state index is 0.421. The molecular weight excluding hydrogens is 318 g/mol. The normalized spacial score (nSPS) is 10.6. The van der Waals surface area contributed by atoms with Gasteiger partial charge in [-0.1, -0.05) is 24.6 Å². The monoisotopic (exact) mass is 339 g/mol. The summed E-state index contributed by atoms with van der Waals surface area (Å²) in [4.78, 5) is 4.44. The van der Waals surface area contributed by atoms with Crippen LogP contribution in [0.2, 0.25) is 0 Å². The highest BCUT2D eigenvalue weighted by Crippen LogP contribution is 2.32. The molecule has 3 rings (SSSR count). The van der Waals surface area contributed by atoms with Crippen LogP contribution >= 0.6 is 0 Å². The summed E-state index contributed by atoms with van der Waals surface area (Å²) in [5.74, 6) is 2.25. The molecule has 0 bridgehead atoms. The predicted octanol–water partition coefficient (Wildman–Crippen LogP) is 4.17. The molecule has 0 amide bonds. The molecule has 0 atom stereocenters. The summed E-state index contributed by atoms with van der Waals surface area (Å²) in [6, 6.07) is 12.9. The van der Waals surface area contributed by atoms with Gasteiger partial charge in [0.25, 0.3) is 5.89 Å². The fraction of sp³-hybridized carbons (Fsp3) is 0.263. The first kappa shape index (κ1) is 16.8. The van der Waals surface area contributed by atoms with E-state index in [1.54, 1.807) is 13.2 Å². The van der Waals surface area contributed by atoms with Gasteiger partial charge in [0.2, 0.25) is 5.82 Å². The molecule has 2 N–H and O–H groups in total. The van der Waals surface area contributed by atoms with Crippen molar-refractivity contribution in [1.29, 1.82) is 0 Å². The van der Waals surface area contributed by atoms with Crippen LogP contribution in [0.3, 0.4) is 0 Å². The van der Waals surface area contributed by atoms with Gasteiger partial charge in [0, 0.05) is 16.8 Å². The van der Waals surface area contributed by atoms with Gasteiger partial charge in [0.1, 0.15) is 0 Å². The summed E-state index contributed by atoms with van der Waals surface area (Å²) >= 11 is 0. The van der Waals surface area contributed by atoms with Crippen molar-refractivity contribution in [2.45, 2.75) is 19.8 Å². The van der Waals surface area contributed by atoms with Crippen molar-refractivity contribution in [2.75, 3.05) is 19.5 Å². The van der Waals surface area contributed by atoms with Crippen molar-refractivity contribution in [2.24, 2.45) is 0 Å². The van der Waals surface area contributed by atoms with Crippen LogP contribution in [0.5, 0.6) is 11.5 Å². The van der Waals surface area contributed by atoms with E-state index in [0.717, 1.165) is 24.0 Å². The molecule has 3 aromatic rings. The Morgan fingerprint density at radius 3 is 2.72 bits per heavy atom. The van der Waals surface area contributed by atoms with Gasteiger partial charge in [-0.2, -0.15) is 4.98 Å². The lowest BCUT2D eigenvalue weighted by atomic mass is 10.2. The second kappa shape index (κ2) is 7.70. The number of nitrogen functional groups attached to an aromatic ring is 1. The maximum Gasteiger partial charge on any atom is 0.258 e. The van der Waals surface area contributed by atoms with Gasteiger partial charge in [0.15, 0.2) is 11.5 Å². The Balaban J connectivity index is 1.84. The zero-order chi connectivity index (χ0) is 17.6. The van der Waals surface area contributed by atoms with E-state index in [0.29, 0.717) is 35.5 Å². The number of unbranched alkanes of at least 4 members (excludes halogenated alkanes) is 1. The molecule has 25 heavy (non-hydrogen) atoms. The van der Waals surface area contributed by atoms with Crippen LogP contribution in [-0.2, 0) is 0 Å². The minimum atomic E-state index is 0.421. The number of rotatable bonds is 7. The fourth-order valence-electron chi connectivity index (χ4n) is 2.38. The Kier molecular flexibility index (Phi) is 5.18. The van der Waals surface area contributed by atoms with E-state index in [1.807, 2.05) is 36.4 Å². The highest BCUT2D eigenvalue weighted by Gasteiger charge is 2.13. The number of ether oxygens (including phenoxy) is 2. The van der Waals surface area contributed by atoms with Crippen molar-refractivity contribution in [3.8, 4) is 34.3 Å². The van der Waals surface area contributed by atoms with Crippen molar-refractivity contribution in [3.05, 3.63) is 42.5 Å². The Morgan fingerprint density at radius 1 is 1.08 bits per heavy atom.